The fourth-order valence-electron chi connectivity index (χ4n) is 2.82. The van der Waals surface area contributed by atoms with Gasteiger partial charge in [-0.05, 0) is 53.4 Å². The highest BCUT2D eigenvalue weighted by molar-refractivity contribution is 9.10. The molecule has 1 fully saturated rings. The molecule has 0 aromatic heterocycles. The van der Waals surface area contributed by atoms with Gasteiger partial charge in [-0.2, -0.15) is 17.5 Å². The van der Waals surface area contributed by atoms with E-state index in [2.05, 4.69) is 15.9 Å². The van der Waals surface area contributed by atoms with Crippen LogP contribution in [-0.2, 0) is 10.0 Å². The number of benzene rings is 1. The van der Waals surface area contributed by atoms with Gasteiger partial charge in [-0.3, -0.25) is 4.79 Å². The predicted octanol–water partition coefficient (Wildman–Crippen LogP) is 3.65. The molecule has 2 rings (SSSR count). The fraction of sp³-hybridized carbons (Fsp3) is 0.562. The predicted molar refractivity (Wildman–Crippen MR) is 94.4 cm³/mol. The maximum absolute atomic E-state index is 12.8. The van der Waals surface area contributed by atoms with E-state index in [1.807, 2.05) is 0 Å². The molecule has 0 saturated carbocycles. The van der Waals surface area contributed by atoms with Crippen LogP contribution >= 0.6 is 15.9 Å². The van der Waals surface area contributed by atoms with Crippen molar-refractivity contribution in [2.45, 2.75) is 37.3 Å². The van der Waals surface area contributed by atoms with Crippen molar-refractivity contribution in [3.8, 4) is 0 Å². The summed E-state index contributed by atoms with van der Waals surface area (Å²) < 4.78 is 65.2. The number of amides is 1. The van der Waals surface area contributed by atoms with Gasteiger partial charge >= 0.3 is 6.18 Å². The van der Waals surface area contributed by atoms with Crippen LogP contribution in [0.15, 0.2) is 27.6 Å². The van der Waals surface area contributed by atoms with Crippen LogP contribution in [0.1, 0.15) is 36.5 Å². The average molecular weight is 457 g/mol. The van der Waals surface area contributed by atoms with Crippen molar-refractivity contribution in [2.75, 3.05) is 26.2 Å². The fourth-order valence-corrected chi connectivity index (χ4v) is 4.78. The summed E-state index contributed by atoms with van der Waals surface area (Å²) in [5, 5.41) is 0. The first-order chi connectivity index (χ1) is 12.1. The Morgan fingerprint density at radius 3 is 2.42 bits per heavy atom. The third-order valence-electron chi connectivity index (χ3n) is 4.02. The van der Waals surface area contributed by atoms with Crippen molar-refractivity contribution in [1.82, 2.24) is 9.21 Å². The largest absolute Gasteiger partial charge is 0.406 e. The normalized spacial score (nSPS) is 16.0. The van der Waals surface area contributed by atoms with Crippen LogP contribution in [0.4, 0.5) is 13.2 Å². The topological polar surface area (TPSA) is 57.7 Å². The Morgan fingerprint density at radius 2 is 1.88 bits per heavy atom. The van der Waals surface area contributed by atoms with Crippen molar-refractivity contribution in [3.63, 3.8) is 0 Å². The van der Waals surface area contributed by atoms with Gasteiger partial charge < -0.3 is 4.90 Å². The van der Waals surface area contributed by atoms with Crippen molar-refractivity contribution in [2.24, 2.45) is 0 Å². The second kappa shape index (κ2) is 8.26. The molecule has 0 spiro atoms. The third kappa shape index (κ3) is 4.98. The number of alkyl halides is 3. The molecule has 1 aromatic rings. The van der Waals surface area contributed by atoms with Gasteiger partial charge in [0.25, 0.3) is 5.91 Å². The third-order valence-corrected chi connectivity index (χ3v) is 6.61. The molecule has 1 aliphatic rings. The van der Waals surface area contributed by atoms with Crippen LogP contribution in [0, 0.1) is 0 Å². The first kappa shape index (κ1) is 21.2. The lowest BCUT2D eigenvalue weighted by Crippen LogP contribution is -2.39. The molecule has 1 aliphatic heterocycles. The molecular formula is C16H20BrF3N2O3S. The summed E-state index contributed by atoms with van der Waals surface area (Å²) in [5.41, 5.74) is -0.0945. The number of rotatable bonds is 6. The van der Waals surface area contributed by atoms with Crippen LogP contribution in [-0.4, -0.2) is 55.9 Å². The maximum Gasteiger partial charge on any atom is 0.406 e. The number of carbonyl (C=O) groups excluding carboxylic acids is 1. The number of hydrogen-bond acceptors (Lipinski definition) is 3. The number of halogens is 4. The summed E-state index contributed by atoms with van der Waals surface area (Å²) >= 11 is 3.14. The van der Waals surface area contributed by atoms with Crippen LogP contribution in [0.5, 0.6) is 0 Å². The highest BCUT2D eigenvalue weighted by atomic mass is 79.9. The molecule has 1 heterocycles. The van der Waals surface area contributed by atoms with Gasteiger partial charge in [0.05, 0.1) is 10.5 Å². The Morgan fingerprint density at radius 1 is 1.27 bits per heavy atom. The first-order valence-corrected chi connectivity index (χ1v) is 10.5. The zero-order valence-corrected chi connectivity index (χ0v) is 16.6. The minimum absolute atomic E-state index is 0.0755. The lowest BCUT2D eigenvalue weighted by Gasteiger charge is -2.24. The second-order valence-corrected chi connectivity index (χ2v) is 8.89. The Hall–Kier alpha value is -1.13. The average Bonchev–Trinajstić information content (AvgIpc) is 3.08. The van der Waals surface area contributed by atoms with Crippen LogP contribution in [0.25, 0.3) is 0 Å². The van der Waals surface area contributed by atoms with E-state index in [0.29, 0.717) is 24.4 Å². The highest BCUT2D eigenvalue weighted by Crippen LogP contribution is 2.27. The van der Waals surface area contributed by atoms with Crippen molar-refractivity contribution in [1.29, 1.82) is 0 Å². The van der Waals surface area contributed by atoms with Gasteiger partial charge in [0.1, 0.15) is 6.54 Å². The zero-order chi connectivity index (χ0) is 19.5. The molecule has 1 aromatic carbocycles. The van der Waals surface area contributed by atoms with Crippen molar-refractivity contribution < 1.29 is 26.4 Å². The van der Waals surface area contributed by atoms with Gasteiger partial charge in [-0.15, -0.1) is 0 Å². The SMILES string of the molecule is CCCN(CC(F)(F)F)C(=O)c1cc(S(=O)(=O)N2CCCC2)ccc1Br. The van der Waals surface area contributed by atoms with Gasteiger partial charge in [0, 0.05) is 24.1 Å². The second-order valence-electron chi connectivity index (χ2n) is 6.09. The summed E-state index contributed by atoms with van der Waals surface area (Å²) in [5.74, 6) is -0.852. The Balaban J connectivity index is 2.37. The Kier molecular flexibility index (Phi) is 6.73. The van der Waals surface area contributed by atoms with Crippen LogP contribution < -0.4 is 0 Å². The van der Waals surface area contributed by atoms with Crippen LogP contribution in [0.2, 0.25) is 0 Å². The molecule has 0 bridgehead atoms. The van der Waals surface area contributed by atoms with E-state index >= 15 is 0 Å². The first-order valence-electron chi connectivity index (χ1n) is 8.22. The van der Waals surface area contributed by atoms with E-state index in [1.165, 1.54) is 16.4 Å². The molecule has 1 amide bonds. The Bertz CT molecular complexity index is 762. The monoisotopic (exact) mass is 456 g/mol. The van der Waals surface area contributed by atoms with Gasteiger partial charge in [-0.1, -0.05) is 6.92 Å². The highest BCUT2D eigenvalue weighted by Gasteiger charge is 2.34. The quantitative estimate of drug-likeness (QED) is 0.656. The zero-order valence-electron chi connectivity index (χ0n) is 14.2. The molecule has 0 radical (unpaired) electrons. The number of sulfonamides is 1. The lowest BCUT2D eigenvalue weighted by atomic mass is 10.2. The van der Waals surface area contributed by atoms with Gasteiger partial charge in [-0.25, -0.2) is 8.42 Å². The van der Waals surface area contributed by atoms with E-state index in [9.17, 15) is 26.4 Å². The maximum atomic E-state index is 12.8. The number of carbonyl (C=O) groups is 1. The molecule has 146 valence electrons. The summed E-state index contributed by atoms with van der Waals surface area (Å²) in [6.45, 7) is 1.01. The van der Waals surface area contributed by atoms with E-state index in [0.717, 1.165) is 18.9 Å². The lowest BCUT2D eigenvalue weighted by molar-refractivity contribution is -0.140. The van der Waals surface area contributed by atoms with Crippen LogP contribution in [0.3, 0.4) is 0 Å². The summed E-state index contributed by atoms with van der Waals surface area (Å²) in [6.07, 6.45) is -2.66. The summed E-state index contributed by atoms with van der Waals surface area (Å²) in [4.78, 5) is 13.2. The number of nitrogens with zero attached hydrogens (tertiary/aromatic N) is 2. The van der Waals surface area contributed by atoms with E-state index < -0.39 is 28.7 Å². The number of hydrogen-bond donors (Lipinski definition) is 0. The molecule has 10 heteroatoms. The van der Waals surface area contributed by atoms with E-state index in [4.69, 9.17) is 0 Å². The van der Waals surface area contributed by atoms with Crippen molar-refractivity contribution in [3.05, 3.63) is 28.2 Å². The smallest absolute Gasteiger partial charge is 0.330 e. The standard InChI is InChI=1S/C16H20BrF3N2O3S/c1-2-7-21(11-16(18,19)20)15(23)13-10-12(5-6-14(13)17)26(24,25)22-8-3-4-9-22/h5-6,10H,2-4,7-9,11H2,1H3. The van der Waals surface area contributed by atoms with Gasteiger partial charge in [0.2, 0.25) is 10.0 Å². The minimum Gasteiger partial charge on any atom is -0.330 e. The molecule has 0 aliphatic carbocycles. The molecule has 0 N–H and O–H groups in total. The molecule has 0 unspecified atom stereocenters. The molecule has 5 nitrogen and oxygen atoms in total. The minimum atomic E-state index is -4.53. The molecule has 1 saturated heterocycles. The van der Waals surface area contributed by atoms with Crippen molar-refractivity contribution >= 4 is 31.9 Å². The molecule has 0 atom stereocenters. The van der Waals surface area contributed by atoms with E-state index in [-0.39, 0.29) is 21.5 Å². The van der Waals surface area contributed by atoms with Gasteiger partial charge in [0.15, 0.2) is 0 Å². The molecule has 26 heavy (non-hydrogen) atoms. The summed E-state index contributed by atoms with van der Waals surface area (Å²) in [6, 6.07) is 3.88. The van der Waals surface area contributed by atoms with E-state index in [1.54, 1.807) is 6.92 Å². The summed E-state index contributed by atoms with van der Waals surface area (Å²) in [7, 11) is -3.77. The Labute approximate surface area is 159 Å². The molecular weight excluding hydrogens is 437 g/mol.